The van der Waals surface area contributed by atoms with E-state index in [4.69, 9.17) is 14.0 Å². The van der Waals surface area contributed by atoms with Crippen LogP contribution < -0.4 is 5.32 Å². The molecule has 2 saturated heterocycles. The van der Waals surface area contributed by atoms with E-state index in [1.54, 1.807) is 7.11 Å². The Morgan fingerprint density at radius 2 is 2.12 bits per heavy atom. The van der Waals surface area contributed by atoms with Gasteiger partial charge in [-0.25, -0.2) is 0 Å². The average Bonchev–Trinajstić information content (AvgIpc) is 3.04. The third-order valence-corrected chi connectivity index (χ3v) is 5.24. The Kier molecular flexibility index (Phi) is 6.84. The van der Waals surface area contributed by atoms with E-state index in [0.717, 1.165) is 50.2 Å². The minimum atomic E-state index is -0.392. The Morgan fingerprint density at radius 3 is 2.88 bits per heavy atom. The van der Waals surface area contributed by atoms with Crippen LogP contribution in [0.2, 0.25) is 0 Å². The molecule has 2 aliphatic heterocycles. The van der Waals surface area contributed by atoms with Gasteiger partial charge in [0.15, 0.2) is 5.76 Å². The normalized spacial score (nSPS) is 29.2. The van der Waals surface area contributed by atoms with Crippen LogP contribution in [-0.4, -0.2) is 73.3 Å². The first kappa shape index (κ1) is 18.8. The number of aliphatic hydroxyl groups excluding tert-OH is 1. The summed E-state index contributed by atoms with van der Waals surface area (Å²) >= 11 is 0. The lowest BCUT2D eigenvalue weighted by atomic mass is 9.97. The van der Waals surface area contributed by atoms with Crippen molar-refractivity contribution in [3.05, 3.63) is 17.5 Å². The van der Waals surface area contributed by atoms with Gasteiger partial charge in [0.2, 0.25) is 0 Å². The molecule has 3 atom stereocenters. The van der Waals surface area contributed by atoms with Crippen LogP contribution >= 0.6 is 0 Å². The molecule has 0 aliphatic carbocycles. The molecule has 25 heavy (non-hydrogen) atoms. The van der Waals surface area contributed by atoms with E-state index in [1.807, 2.05) is 6.07 Å². The van der Waals surface area contributed by atoms with Crippen molar-refractivity contribution in [1.29, 1.82) is 0 Å². The van der Waals surface area contributed by atoms with Crippen LogP contribution in [0.15, 0.2) is 10.6 Å². The minimum Gasteiger partial charge on any atom is -0.390 e. The maximum absolute atomic E-state index is 10.3. The van der Waals surface area contributed by atoms with E-state index in [9.17, 15) is 5.11 Å². The standard InChI is InChI=1S/C18H31N3O4/c1-21-7-5-13(6-8-21)19-11-18-17(22)4-3-15(24-18)9-14-10-16(12-23-2)25-20-14/h10,13,15,17-19,22H,3-9,11-12H2,1-2H3. The highest BCUT2D eigenvalue weighted by molar-refractivity contribution is 5.06. The second-order valence-corrected chi connectivity index (χ2v) is 7.35. The van der Waals surface area contributed by atoms with Crippen molar-refractivity contribution >= 4 is 0 Å². The number of nitrogens with zero attached hydrogens (tertiary/aromatic N) is 2. The molecule has 7 heteroatoms. The average molecular weight is 353 g/mol. The summed E-state index contributed by atoms with van der Waals surface area (Å²) in [6.45, 7) is 3.40. The van der Waals surface area contributed by atoms with Crippen LogP contribution in [0.3, 0.4) is 0 Å². The first-order chi connectivity index (χ1) is 12.1. The quantitative estimate of drug-likeness (QED) is 0.756. The third-order valence-electron chi connectivity index (χ3n) is 5.24. The topological polar surface area (TPSA) is 80.0 Å². The lowest BCUT2D eigenvalue weighted by Gasteiger charge is -2.36. The van der Waals surface area contributed by atoms with Crippen LogP contribution in [0.25, 0.3) is 0 Å². The molecule has 0 bridgehead atoms. The molecule has 7 nitrogen and oxygen atoms in total. The summed E-state index contributed by atoms with van der Waals surface area (Å²) in [5, 5.41) is 17.9. The molecule has 0 saturated carbocycles. The van der Waals surface area contributed by atoms with E-state index < -0.39 is 6.10 Å². The Balaban J connectivity index is 1.45. The van der Waals surface area contributed by atoms with Crippen molar-refractivity contribution in [2.75, 3.05) is 33.8 Å². The Morgan fingerprint density at radius 1 is 1.32 bits per heavy atom. The van der Waals surface area contributed by atoms with E-state index in [0.29, 0.717) is 25.6 Å². The van der Waals surface area contributed by atoms with Gasteiger partial charge in [-0.3, -0.25) is 0 Å². The van der Waals surface area contributed by atoms with Gasteiger partial charge in [-0.05, 0) is 45.8 Å². The molecule has 3 unspecified atom stereocenters. The first-order valence-electron chi connectivity index (χ1n) is 9.33. The fourth-order valence-electron chi connectivity index (χ4n) is 3.67. The van der Waals surface area contributed by atoms with Gasteiger partial charge in [0.05, 0.1) is 24.0 Å². The van der Waals surface area contributed by atoms with E-state index in [2.05, 4.69) is 22.4 Å². The number of piperidine rings is 1. The molecular formula is C18H31N3O4. The molecule has 0 aromatic carbocycles. The fraction of sp³-hybridized carbons (Fsp3) is 0.833. The number of likely N-dealkylation sites (tertiary alicyclic amines) is 1. The molecule has 142 valence electrons. The summed E-state index contributed by atoms with van der Waals surface area (Å²) in [5.74, 6) is 0.730. The molecule has 2 fully saturated rings. The number of hydrogen-bond acceptors (Lipinski definition) is 7. The van der Waals surface area contributed by atoms with Gasteiger partial charge in [0, 0.05) is 32.2 Å². The summed E-state index contributed by atoms with van der Waals surface area (Å²) in [7, 11) is 3.80. The van der Waals surface area contributed by atoms with E-state index in [1.165, 1.54) is 0 Å². The van der Waals surface area contributed by atoms with Gasteiger partial charge in [0.1, 0.15) is 6.61 Å². The predicted molar refractivity (Wildman–Crippen MR) is 93.3 cm³/mol. The number of ether oxygens (including phenoxy) is 2. The minimum absolute atomic E-state index is 0.0770. The highest BCUT2D eigenvalue weighted by Gasteiger charge is 2.31. The van der Waals surface area contributed by atoms with Crippen LogP contribution in [0.4, 0.5) is 0 Å². The lowest BCUT2D eigenvalue weighted by Crippen LogP contribution is -2.49. The summed E-state index contributed by atoms with van der Waals surface area (Å²) < 4.78 is 16.4. The van der Waals surface area contributed by atoms with Crippen molar-refractivity contribution in [3.8, 4) is 0 Å². The first-order valence-corrected chi connectivity index (χ1v) is 9.33. The van der Waals surface area contributed by atoms with E-state index >= 15 is 0 Å². The summed E-state index contributed by atoms with van der Waals surface area (Å²) in [6, 6.07) is 2.45. The highest BCUT2D eigenvalue weighted by atomic mass is 16.5. The van der Waals surface area contributed by atoms with Crippen molar-refractivity contribution < 1.29 is 19.1 Å². The van der Waals surface area contributed by atoms with Gasteiger partial charge in [-0.15, -0.1) is 0 Å². The number of hydrogen-bond donors (Lipinski definition) is 2. The molecule has 1 aromatic heterocycles. The zero-order valence-corrected chi connectivity index (χ0v) is 15.3. The number of aromatic nitrogens is 1. The van der Waals surface area contributed by atoms with Crippen LogP contribution in [0.1, 0.15) is 37.1 Å². The van der Waals surface area contributed by atoms with Gasteiger partial charge < -0.3 is 29.3 Å². The molecular weight excluding hydrogens is 322 g/mol. The largest absolute Gasteiger partial charge is 0.390 e. The molecule has 0 amide bonds. The van der Waals surface area contributed by atoms with Crippen molar-refractivity contribution in [2.24, 2.45) is 0 Å². The van der Waals surface area contributed by atoms with Gasteiger partial charge in [-0.2, -0.15) is 0 Å². The number of rotatable bonds is 7. The molecule has 0 radical (unpaired) electrons. The summed E-state index contributed by atoms with van der Waals surface area (Å²) in [6.07, 6.45) is 4.18. The highest BCUT2D eigenvalue weighted by Crippen LogP contribution is 2.23. The van der Waals surface area contributed by atoms with Crippen LogP contribution in [0, 0.1) is 0 Å². The maximum atomic E-state index is 10.3. The molecule has 0 spiro atoms. The summed E-state index contributed by atoms with van der Waals surface area (Å²) in [5.41, 5.74) is 0.885. The van der Waals surface area contributed by atoms with Gasteiger partial charge >= 0.3 is 0 Å². The number of methoxy groups -OCH3 is 1. The molecule has 1 aromatic rings. The smallest absolute Gasteiger partial charge is 0.162 e. The fourth-order valence-corrected chi connectivity index (χ4v) is 3.67. The summed E-state index contributed by atoms with van der Waals surface area (Å²) in [4.78, 5) is 2.36. The van der Waals surface area contributed by atoms with Crippen LogP contribution in [0.5, 0.6) is 0 Å². The third kappa shape index (κ3) is 5.49. The SMILES string of the molecule is COCc1cc(CC2CCC(O)C(CNC3CCN(C)CC3)O2)no1. The molecule has 2 N–H and O–H groups in total. The Hall–Kier alpha value is -0.990. The molecule has 2 aliphatic rings. The number of nitrogens with one attached hydrogen (secondary N) is 1. The van der Waals surface area contributed by atoms with Gasteiger partial charge in [0.25, 0.3) is 0 Å². The van der Waals surface area contributed by atoms with Crippen molar-refractivity contribution in [1.82, 2.24) is 15.4 Å². The lowest BCUT2D eigenvalue weighted by molar-refractivity contribution is -0.115. The predicted octanol–water partition coefficient (Wildman–Crippen LogP) is 0.956. The number of aliphatic hydroxyl groups is 1. The maximum Gasteiger partial charge on any atom is 0.162 e. The van der Waals surface area contributed by atoms with Crippen molar-refractivity contribution in [2.45, 2.75) is 63.1 Å². The van der Waals surface area contributed by atoms with Crippen LogP contribution in [-0.2, 0) is 22.5 Å². The van der Waals surface area contributed by atoms with E-state index in [-0.39, 0.29) is 12.2 Å². The Labute approximate surface area is 149 Å². The Bertz CT molecular complexity index is 516. The van der Waals surface area contributed by atoms with Crippen molar-refractivity contribution in [3.63, 3.8) is 0 Å². The second kappa shape index (κ2) is 9.09. The zero-order valence-electron chi connectivity index (χ0n) is 15.3. The second-order valence-electron chi connectivity index (χ2n) is 7.35. The van der Waals surface area contributed by atoms with Gasteiger partial charge in [-0.1, -0.05) is 5.16 Å². The molecule has 3 heterocycles. The monoisotopic (exact) mass is 353 g/mol. The molecule has 3 rings (SSSR count). The zero-order chi connectivity index (χ0) is 17.6.